The number of ether oxygens (including phenoxy) is 4. The third-order valence-electron chi connectivity index (χ3n) is 17.4. The van der Waals surface area contributed by atoms with E-state index in [2.05, 4.69) is 4.90 Å². The zero-order valence-corrected chi connectivity index (χ0v) is 62.5. The Labute approximate surface area is 601 Å². The molecule has 10 aromatic rings. The molecule has 524 valence electrons. The van der Waals surface area contributed by atoms with Gasteiger partial charge >= 0.3 is 0 Å². The molecule has 0 spiro atoms. The van der Waals surface area contributed by atoms with Gasteiger partial charge in [0.1, 0.15) is 18.3 Å². The molecule has 1 aliphatic heterocycles. The largest absolute Gasteiger partial charge is 0.379 e. The van der Waals surface area contributed by atoms with E-state index in [4.69, 9.17) is 53.8 Å². The zero-order chi connectivity index (χ0) is 72.9. The van der Waals surface area contributed by atoms with Gasteiger partial charge < -0.3 is 32.6 Å². The summed E-state index contributed by atoms with van der Waals surface area (Å²) in [5, 5.41) is 4.57. The molecule has 7 aromatic carbocycles. The monoisotopic (exact) mass is 1410 g/mol. The number of nitrogens with zero attached hydrogens (tertiary/aromatic N) is 4. The van der Waals surface area contributed by atoms with Crippen LogP contribution in [-0.2, 0) is 53.5 Å². The fraction of sp³-hybridized carbons (Fsp3) is 0.349. The molecule has 100 heavy (non-hydrogen) atoms. The minimum atomic E-state index is -0.750. The number of aryl methyl sites for hydroxylation is 4. The number of fused-ring (bicyclic) bond motifs is 3. The van der Waals surface area contributed by atoms with E-state index in [9.17, 15) is 28.8 Å². The molecule has 1 saturated heterocycles. The van der Waals surface area contributed by atoms with Gasteiger partial charge in [-0.05, 0) is 249 Å². The fourth-order valence-electron chi connectivity index (χ4n) is 13.0. The number of carbonyl (C=O) groups excluding carboxylic acids is 3. The molecule has 0 aliphatic carbocycles. The summed E-state index contributed by atoms with van der Waals surface area (Å²) in [7, 11) is 1.75. The smallest absolute Gasteiger partial charge is 0.251 e. The van der Waals surface area contributed by atoms with Crippen molar-refractivity contribution in [2.75, 3.05) is 32.8 Å². The van der Waals surface area contributed by atoms with Gasteiger partial charge in [0.15, 0.2) is 17.3 Å². The van der Waals surface area contributed by atoms with Gasteiger partial charge in [0.05, 0.1) is 53.1 Å². The molecule has 4 heterocycles. The number of halogens is 3. The summed E-state index contributed by atoms with van der Waals surface area (Å²) in [6, 6.07) is 48.8. The topological polar surface area (TPSA) is 157 Å². The van der Waals surface area contributed by atoms with Crippen molar-refractivity contribution in [3.8, 4) is 33.4 Å². The minimum Gasteiger partial charge on any atom is -0.379 e. The SMILES string of the molecule is CC(=O)[C@@H](OC(C)(C)C)c1c(C)cc2c(ccc(=O)n2C)c1-c1ccc(Cl)cc1.CC(=O)[C@@H](OC(C)(C)C)c1c(C)cc2c(ccc(=O)n2CCN2CCOCC2)c1-c1ccc(Cl)cc1.CC(=O)[C@@H](OC(C)(C)C)c1c(C)cc2c(ccc(=O)n2Cc2ccccc2)c1-c1ccc(Cl)cc1. The number of aromatic nitrogens is 3. The van der Waals surface area contributed by atoms with Gasteiger partial charge in [0.2, 0.25) is 0 Å². The quantitative estimate of drug-likeness (QED) is 0.0854. The van der Waals surface area contributed by atoms with Crippen LogP contribution in [-0.4, -0.2) is 85.6 Å². The summed E-state index contributed by atoms with van der Waals surface area (Å²) in [5.74, 6) is -0.208. The molecule has 3 atom stereocenters. The van der Waals surface area contributed by atoms with Gasteiger partial charge in [0, 0.05) is 82.7 Å². The highest BCUT2D eigenvalue weighted by atomic mass is 35.5. The molecule has 0 amide bonds. The molecular weight excluding hydrogens is 1320 g/mol. The van der Waals surface area contributed by atoms with Gasteiger partial charge in [-0.2, -0.15) is 0 Å². The maximum absolute atomic E-state index is 13.0. The van der Waals surface area contributed by atoms with Gasteiger partial charge in [-0.25, -0.2) is 0 Å². The predicted octanol–water partition coefficient (Wildman–Crippen LogP) is 18.1. The standard InChI is InChI=1S/C30H30ClNO3.C29H35ClN2O4.C24H26ClNO3/c1-19-17-25-24(15-16-26(34)32(25)18-21-9-7-6-8-10-21)28(22-11-13-23(31)14-12-22)27(19)29(20(2)33)35-30(3,4)5;1-19-18-24-23(10-11-25(34)32(24)13-12-31-14-16-35-17-15-31)27(21-6-8-22(30)9-7-21)26(19)28(20(2)33)36-29(3,4)5;1-14-13-19-18(11-12-20(28)26(19)6)22(16-7-9-17(25)10-8-16)21(14)23(15(2)27)29-24(3,4)5/h6-17,29H,18H2,1-5H3;6-11,18,28H,12-17H2,1-5H3;7-13,23H,1-6H3/t29-;28-;23-/m111/s1. The van der Waals surface area contributed by atoms with E-state index in [1.54, 1.807) is 55.2 Å². The highest BCUT2D eigenvalue weighted by molar-refractivity contribution is 6.31. The Morgan fingerprint density at radius 1 is 0.440 bits per heavy atom. The van der Waals surface area contributed by atoms with Crippen molar-refractivity contribution in [2.45, 2.75) is 152 Å². The molecule has 11 rings (SSSR count). The van der Waals surface area contributed by atoms with Crippen LogP contribution in [0.5, 0.6) is 0 Å². The maximum atomic E-state index is 13.0. The summed E-state index contributed by atoms with van der Waals surface area (Å²) in [6.07, 6.45) is -2.21. The normalized spacial score (nSPS) is 13.9. The van der Waals surface area contributed by atoms with E-state index in [0.29, 0.717) is 41.4 Å². The molecule has 0 saturated carbocycles. The van der Waals surface area contributed by atoms with Gasteiger partial charge in [-0.3, -0.25) is 33.7 Å². The van der Waals surface area contributed by atoms with Crippen LogP contribution in [0.2, 0.25) is 15.1 Å². The lowest BCUT2D eigenvalue weighted by Gasteiger charge is -2.30. The number of carbonyl (C=O) groups is 3. The highest BCUT2D eigenvalue weighted by Crippen LogP contribution is 2.45. The van der Waals surface area contributed by atoms with Crippen LogP contribution in [0.25, 0.3) is 66.1 Å². The number of hydrogen-bond acceptors (Lipinski definition) is 11. The van der Waals surface area contributed by atoms with Crippen LogP contribution in [0.1, 0.15) is 140 Å². The van der Waals surface area contributed by atoms with Crippen LogP contribution in [0, 0.1) is 20.8 Å². The van der Waals surface area contributed by atoms with E-state index < -0.39 is 35.1 Å². The summed E-state index contributed by atoms with van der Waals surface area (Å²) < 4.78 is 29.6. The van der Waals surface area contributed by atoms with Crippen molar-refractivity contribution in [3.05, 3.63) is 243 Å². The number of Topliss-reactive ketones (excluding diaryl/α,β-unsaturated/α-hetero) is 3. The lowest BCUT2D eigenvalue weighted by molar-refractivity contribution is -0.139. The number of ketones is 3. The number of morpholine rings is 1. The molecule has 1 fully saturated rings. The van der Waals surface area contributed by atoms with E-state index in [-0.39, 0.29) is 34.0 Å². The predicted molar refractivity (Wildman–Crippen MR) is 407 cm³/mol. The molecule has 0 unspecified atom stereocenters. The Kier molecular flexibility index (Phi) is 24.2. The summed E-state index contributed by atoms with van der Waals surface area (Å²) in [6.45, 7) is 33.0. The Bertz CT molecular complexity index is 4840. The number of rotatable bonds is 17. The van der Waals surface area contributed by atoms with Crippen molar-refractivity contribution < 1.29 is 33.3 Å². The first-order valence-corrected chi connectivity index (χ1v) is 34.9. The van der Waals surface area contributed by atoms with E-state index >= 15 is 0 Å². The van der Waals surface area contributed by atoms with E-state index in [0.717, 1.165) is 125 Å². The maximum Gasteiger partial charge on any atom is 0.251 e. The van der Waals surface area contributed by atoms with Crippen molar-refractivity contribution in [1.29, 1.82) is 0 Å². The van der Waals surface area contributed by atoms with Crippen molar-refractivity contribution in [3.63, 3.8) is 0 Å². The molecule has 3 aromatic heterocycles. The lowest BCUT2D eigenvalue weighted by atomic mass is 9.87. The lowest BCUT2D eigenvalue weighted by Crippen LogP contribution is -2.39. The van der Waals surface area contributed by atoms with Crippen molar-refractivity contribution in [1.82, 2.24) is 18.6 Å². The zero-order valence-electron chi connectivity index (χ0n) is 60.2. The van der Waals surface area contributed by atoms with Gasteiger partial charge in [0.25, 0.3) is 16.7 Å². The second-order valence-corrected chi connectivity index (χ2v) is 30.0. The molecule has 0 radical (unpaired) electrons. The average Bonchev–Trinajstić information content (AvgIpc) is 0.757. The molecule has 17 heteroatoms. The average molecular weight is 1410 g/mol. The number of pyridine rings is 3. The van der Waals surface area contributed by atoms with Crippen LogP contribution < -0.4 is 16.7 Å². The highest BCUT2D eigenvalue weighted by Gasteiger charge is 2.34. The van der Waals surface area contributed by atoms with Crippen LogP contribution in [0.15, 0.2) is 172 Å². The Hall–Kier alpha value is -8.15. The Morgan fingerprint density at radius 3 is 1.13 bits per heavy atom. The van der Waals surface area contributed by atoms with E-state index in [1.165, 1.54) is 0 Å². The number of hydrogen-bond donors (Lipinski definition) is 0. The third-order valence-corrected chi connectivity index (χ3v) is 18.2. The first-order chi connectivity index (χ1) is 47.1. The minimum absolute atomic E-state index is 0.0426. The Morgan fingerprint density at radius 2 is 0.770 bits per heavy atom. The van der Waals surface area contributed by atoms with Crippen LogP contribution >= 0.6 is 34.8 Å². The van der Waals surface area contributed by atoms with Gasteiger partial charge in [-0.15, -0.1) is 0 Å². The first kappa shape index (κ1) is 76.0. The van der Waals surface area contributed by atoms with Crippen LogP contribution in [0.4, 0.5) is 0 Å². The molecular formula is C83H91Cl3N4O10. The summed E-state index contributed by atoms with van der Waals surface area (Å²) >= 11 is 18.5. The second-order valence-electron chi connectivity index (χ2n) is 28.7. The Balaban J connectivity index is 0.000000176. The van der Waals surface area contributed by atoms with Crippen molar-refractivity contribution >= 4 is 84.9 Å². The summed E-state index contributed by atoms with van der Waals surface area (Å²) in [4.78, 5) is 79.1. The molecule has 0 N–H and O–H groups in total. The summed E-state index contributed by atoms with van der Waals surface area (Å²) in [5.41, 5.74) is 12.3. The number of benzene rings is 7. The second kappa shape index (κ2) is 31.8. The van der Waals surface area contributed by atoms with E-state index in [1.807, 2.05) is 227 Å². The van der Waals surface area contributed by atoms with Gasteiger partial charge in [-0.1, -0.05) is 102 Å². The fourth-order valence-corrected chi connectivity index (χ4v) is 13.3. The molecule has 0 bridgehead atoms. The first-order valence-electron chi connectivity index (χ1n) is 33.7. The van der Waals surface area contributed by atoms with Crippen LogP contribution in [0.3, 0.4) is 0 Å². The molecule has 14 nitrogen and oxygen atoms in total. The molecule has 1 aliphatic rings. The van der Waals surface area contributed by atoms with Crippen molar-refractivity contribution in [2.24, 2.45) is 7.05 Å². The third kappa shape index (κ3) is 18.3.